The summed E-state index contributed by atoms with van der Waals surface area (Å²) in [5.41, 5.74) is 5.99. The Hall–Kier alpha value is -2.53. The average Bonchev–Trinajstić information content (AvgIpc) is 3.14. The van der Waals surface area contributed by atoms with Gasteiger partial charge in [-0.15, -0.1) is 0 Å². The maximum Gasteiger partial charge on any atom is 0.446 e. The lowest BCUT2D eigenvalue weighted by Gasteiger charge is -2.07. The Labute approximate surface area is 142 Å². The Morgan fingerprint density at radius 1 is 1.42 bits per heavy atom. The van der Waals surface area contributed by atoms with Crippen LogP contribution in [-0.2, 0) is 0 Å². The van der Waals surface area contributed by atoms with Crippen LogP contribution < -0.4 is 16.2 Å². The van der Waals surface area contributed by atoms with Gasteiger partial charge < -0.3 is 10.5 Å². The fourth-order valence-electron chi connectivity index (χ4n) is 1.87. The van der Waals surface area contributed by atoms with E-state index in [1.807, 2.05) is 0 Å². The van der Waals surface area contributed by atoms with Gasteiger partial charge in [0.05, 0.1) is 10.2 Å². The van der Waals surface area contributed by atoms with Crippen molar-refractivity contribution < 1.29 is 18.3 Å². The van der Waals surface area contributed by atoms with Crippen LogP contribution in [0.5, 0.6) is 5.88 Å². The number of ether oxygens (including phenoxy) is 1. The van der Waals surface area contributed by atoms with Gasteiger partial charge >= 0.3 is 5.76 Å². The van der Waals surface area contributed by atoms with Gasteiger partial charge in [-0.3, -0.25) is 4.52 Å². The van der Waals surface area contributed by atoms with Crippen LogP contribution >= 0.6 is 15.9 Å². The summed E-state index contributed by atoms with van der Waals surface area (Å²) < 4.78 is 29.4. The van der Waals surface area contributed by atoms with E-state index in [4.69, 9.17) is 10.5 Å². The monoisotopic (exact) mass is 399 g/mol. The number of nitrogens with zero attached hydrogens (tertiary/aromatic N) is 4. The molecule has 1 aromatic carbocycles. The average molecular weight is 400 g/mol. The van der Waals surface area contributed by atoms with Gasteiger partial charge in [0.1, 0.15) is 12.4 Å². The quantitative estimate of drug-likeness (QED) is 0.684. The molecule has 0 spiro atoms. The van der Waals surface area contributed by atoms with Gasteiger partial charge in [-0.25, -0.2) is 18.4 Å². The second kappa shape index (κ2) is 6.53. The number of nitrogens with two attached hydrogens (primary N) is 1. The second-order valence-electron chi connectivity index (χ2n) is 4.91. The molecule has 0 bridgehead atoms. The Morgan fingerprint density at radius 3 is 2.92 bits per heavy atom. The Morgan fingerprint density at radius 2 is 2.21 bits per heavy atom. The number of benzene rings is 1. The van der Waals surface area contributed by atoms with E-state index in [0.29, 0.717) is 5.69 Å². The van der Waals surface area contributed by atoms with Crippen molar-refractivity contribution in [3.05, 3.63) is 39.0 Å². The SMILES string of the molecule is CC(N)COc1nonc1-c1noc(=O)n1-c1ccc(F)c(Br)c1. The molecule has 2 N–H and O–H groups in total. The lowest BCUT2D eigenvalue weighted by atomic mass is 10.3. The highest BCUT2D eigenvalue weighted by Crippen LogP contribution is 2.27. The van der Waals surface area contributed by atoms with Crippen molar-refractivity contribution in [2.24, 2.45) is 5.73 Å². The largest absolute Gasteiger partial charge is 0.472 e. The molecule has 0 aliphatic carbocycles. The minimum atomic E-state index is -0.787. The molecule has 1 unspecified atom stereocenters. The minimum Gasteiger partial charge on any atom is -0.472 e. The third-order valence-corrected chi connectivity index (χ3v) is 3.53. The third kappa shape index (κ3) is 3.08. The van der Waals surface area contributed by atoms with E-state index in [1.54, 1.807) is 6.92 Å². The number of halogens is 2. The first-order valence-electron chi connectivity index (χ1n) is 6.73. The zero-order valence-corrected chi connectivity index (χ0v) is 13.9. The van der Waals surface area contributed by atoms with Crippen molar-refractivity contribution in [1.82, 2.24) is 20.0 Å². The molecule has 0 aliphatic heterocycles. The summed E-state index contributed by atoms with van der Waals surface area (Å²) in [5, 5.41) is 11.0. The predicted molar refractivity (Wildman–Crippen MR) is 82.2 cm³/mol. The van der Waals surface area contributed by atoms with Crippen LogP contribution in [0.2, 0.25) is 0 Å². The molecule has 9 nitrogen and oxygen atoms in total. The van der Waals surface area contributed by atoms with Crippen LogP contribution in [0.1, 0.15) is 6.92 Å². The Kier molecular flexibility index (Phi) is 4.44. The Balaban J connectivity index is 2.07. The fourth-order valence-corrected chi connectivity index (χ4v) is 2.24. The second-order valence-corrected chi connectivity index (χ2v) is 5.77. The maximum atomic E-state index is 13.4. The van der Waals surface area contributed by atoms with Crippen molar-refractivity contribution in [2.75, 3.05) is 6.61 Å². The fraction of sp³-hybridized carbons (Fsp3) is 0.231. The lowest BCUT2D eigenvalue weighted by Crippen LogP contribution is -2.24. The van der Waals surface area contributed by atoms with Gasteiger partial charge in [0, 0.05) is 6.04 Å². The molecule has 126 valence electrons. The minimum absolute atomic E-state index is 0.000525. The van der Waals surface area contributed by atoms with Gasteiger partial charge in [-0.2, -0.15) is 0 Å². The molecule has 0 saturated carbocycles. The van der Waals surface area contributed by atoms with E-state index in [2.05, 4.69) is 40.6 Å². The molecule has 1 atom stereocenters. The third-order valence-electron chi connectivity index (χ3n) is 2.92. The van der Waals surface area contributed by atoms with Crippen molar-refractivity contribution in [2.45, 2.75) is 13.0 Å². The van der Waals surface area contributed by atoms with Crippen LogP contribution in [0.3, 0.4) is 0 Å². The summed E-state index contributed by atoms with van der Waals surface area (Å²) in [7, 11) is 0. The highest BCUT2D eigenvalue weighted by molar-refractivity contribution is 9.10. The van der Waals surface area contributed by atoms with E-state index in [9.17, 15) is 9.18 Å². The molecule has 0 aliphatic rings. The first-order valence-corrected chi connectivity index (χ1v) is 7.52. The number of rotatable bonds is 5. The number of hydrogen-bond donors (Lipinski definition) is 1. The summed E-state index contributed by atoms with van der Waals surface area (Å²) in [6, 6.07) is 3.73. The van der Waals surface area contributed by atoms with Crippen molar-refractivity contribution in [3.63, 3.8) is 0 Å². The molecule has 24 heavy (non-hydrogen) atoms. The molecular formula is C13H11BrFN5O4. The molecular weight excluding hydrogens is 389 g/mol. The lowest BCUT2D eigenvalue weighted by molar-refractivity contribution is 0.246. The molecule has 0 amide bonds. The summed E-state index contributed by atoms with van der Waals surface area (Å²) in [6.07, 6.45) is 0. The van der Waals surface area contributed by atoms with Crippen LogP contribution in [0.15, 0.2) is 36.6 Å². The summed E-state index contributed by atoms with van der Waals surface area (Å²) in [4.78, 5) is 12.0. The van der Waals surface area contributed by atoms with Crippen LogP contribution in [0, 0.1) is 5.82 Å². The van der Waals surface area contributed by atoms with Gasteiger partial charge in [-0.05, 0) is 51.4 Å². The zero-order valence-electron chi connectivity index (χ0n) is 12.3. The van der Waals surface area contributed by atoms with Crippen LogP contribution in [0.25, 0.3) is 17.2 Å². The highest BCUT2D eigenvalue weighted by atomic mass is 79.9. The zero-order chi connectivity index (χ0) is 17.3. The van der Waals surface area contributed by atoms with Gasteiger partial charge in [0.25, 0.3) is 5.88 Å². The van der Waals surface area contributed by atoms with E-state index in [0.717, 1.165) is 4.57 Å². The molecule has 2 heterocycles. The van der Waals surface area contributed by atoms with Gasteiger partial charge in [-0.1, -0.05) is 5.16 Å². The highest BCUT2D eigenvalue weighted by Gasteiger charge is 2.24. The van der Waals surface area contributed by atoms with Crippen LogP contribution in [0.4, 0.5) is 4.39 Å². The van der Waals surface area contributed by atoms with E-state index in [1.165, 1.54) is 18.2 Å². The Bertz CT molecular complexity index is 919. The smallest absolute Gasteiger partial charge is 0.446 e. The summed E-state index contributed by atoms with van der Waals surface area (Å²) in [5.74, 6) is -1.26. The molecule has 3 rings (SSSR count). The standard InChI is InChI=1S/C13H11BrFN5O4/c1-6(16)5-22-12-10(17-24-19-12)11-18-23-13(21)20(11)7-2-3-9(15)8(14)4-7/h2-4,6H,5,16H2,1H3. The molecule has 3 aromatic rings. The normalized spacial score (nSPS) is 12.3. The van der Waals surface area contributed by atoms with Crippen molar-refractivity contribution in [1.29, 1.82) is 0 Å². The molecule has 2 aromatic heterocycles. The molecule has 11 heteroatoms. The number of aromatic nitrogens is 4. The van der Waals surface area contributed by atoms with E-state index < -0.39 is 11.6 Å². The topological polar surface area (TPSA) is 122 Å². The first-order chi connectivity index (χ1) is 11.5. The summed E-state index contributed by atoms with van der Waals surface area (Å²) >= 11 is 3.06. The molecule has 0 radical (unpaired) electrons. The van der Waals surface area contributed by atoms with Crippen LogP contribution in [-0.4, -0.2) is 32.7 Å². The predicted octanol–water partition coefficient (Wildman–Crippen LogP) is 1.50. The van der Waals surface area contributed by atoms with Gasteiger partial charge in [0.15, 0.2) is 0 Å². The number of hydrogen-bond acceptors (Lipinski definition) is 8. The molecule has 0 fully saturated rings. The maximum absolute atomic E-state index is 13.4. The summed E-state index contributed by atoms with van der Waals surface area (Å²) in [6.45, 7) is 1.90. The van der Waals surface area contributed by atoms with Crippen molar-refractivity contribution in [3.8, 4) is 23.1 Å². The van der Waals surface area contributed by atoms with Crippen molar-refractivity contribution >= 4 is 15.9 Å². The van der Waals surface area contributed by atoms with Gasteiger partial charge in [0.2, 0.25) is 11.5 Å². The first kappa shape index (κ1) is 16.3. The molecule has 0 saturated heterocycles. The van der Waals surface area contributed by atoms with E-state index in [-0.39, 0.29) is 34.5 Å². The van der Waals surface area contributed by atoms with E-state index >= 15 is 0 Å².